The lowest BCUT2D eigenvalue weighted by atomic mass is 10.0. The van der Waals surface area contributed by atoms with Crippen LogP contribution >= 0.6 is 0 Å². The SMILES string of the molecule is O=C(C[C@H]1CCCN1Cc1cccc2cccnc12)c1ccc(F)cc1. The van der Waals surface area contributed by atoms with Crippen molar-refractivity contribution < 1.29 is 9.18 Å². The van der Waals surface area contributed by atoms with Gasteiger partial charge in [0.15, 0.2) is 5.78 Å². The molecule has 0 aliphatic carbocycles. The summed E-state index contributed by atoms with van der Waals surface area (Å²) in [5.74, 6) is -0.231. The average molecular weight is 348 g/mol. The van der Waals surface area contributed by atoms with Gasteiger partial charge in [0.1, 0.15) is 5.82 Å². The summed E-state index contributed by atoms with van der Waals surface area (Å²) in [7, 11) is 0. The van der Waals surface area contributed by atoms with E-state index in [4.69, 9.17) is 0 Å². The number of likely N-dealkylation sites (tertiary alicyclic amines) is 1. The Kier molecular flexibility index (Phi) is 4.76. The van der Waals surface area contributed by atoms with E-state index in [2.05, 4.69) is 34.1 Å². The van der Waals surface area contributed by atoms with Crippen molar-refractivity contribution in [3.63, 3.8) is 0 Å². The van der Waals surface area contributed by atoms with Crippen LogP contribution in [0.4, 0.5) is 4.39 Å². The van der Waals surface area contributed by atoms with E-state index < -0.39 is 0 Å². The topological polar surface area (TPSA) is 33.2 Å². The largest absolute Gasteiger partial charge is 0.296 e. The first kappa shape index (κ1) is 16.9. The van der Waals surface area contributed by atoms with E-state index in [0.717, 1.165) is 36.8 Å². The number of hydrogen-bond donors (Lipinski definition) is 0. The molecule has 1 aliphatic rings. The van der Waals surface area contributed by atoms with Crippen LogP contribution in [0.25, 0.3) is 10.9 Å². The number of hydrogen-bond acceptors (Lipinski definition) is 3. The number of benzene rings is 2. The summed E-state index contributed by atoms with van der Waals surface area (Å²) in [5, 5.41) is 1.14. The maximum atomic E-state index is 13.1. The minimum absolute atomic E-state index is 0.0814. The summed E-state index contributed by atoms with van der Waals surface area (Å²) in [6.07, 6.45) is 4.42. The van der Waals surface area contributed by atoms with E-state index >= 15 is 0 Å². The predicted molar refractivity (Wildman–Crippen MR) is 101 cm³/mol. The van der Waals surface area contributed by atoms with Gasteiger partial charge in [-0.1, -0.05) is 24.3 Å². The maximum absolute atomic E-state index is 13.1. The molecule has 0 N–H and O–H groups in total. The number of Topliss-reactive ketones (excluding diaryl/α,β-unsaturated/α-hetero) is 1. The van der Waals surface area contributed by atoms with E-state index in [1.807, 2.05) is 12.3 Å². The zero-order chi connectivity index (χ0) is 17.9. The molecule has 1 saturated heterocycles. The van der Waals surface area contributed by atoms with E-state index in [1.54, 1.807) is 12.1 Å². The van der Waals surface area contributed by atoms with Gasteiger partial charge >= 0.3 is 0 Å². The molecule has 132 valence electrons. The molecular weight excluding hydrogens is 327 g/mol. The maximum Gasteiger partial charge on any atom is 0.164 e. The van der Waals surface area contributed by atoms with Gasteiger partial charge in [-0.15, -0.1) is 0 Å². The fourth-order valence-corrected chi connectivity index (χ4v) is 3.82. The van der Waals surface area contributed by atoms with E-state index in [0.29, 0.717) is 12.0 Å². The third-order valence-electron chi connectivity index (χ3n) is 5.18. The Hall–Kier alpha value is -2.59. The highest BCUT2D eigenvalue weighted by Gasteiger charge is 2.27. The van der Waals surface area contributed by atoms with Crippen LogP contribution in [-0.2, 0) is 6.54 Å². The number of nitrogens with zero attached hydrogens (tertiary/aromatic N) is 2. The molecule has 0 unspecified atom stereocenters. The Labute approximate surface area is 152 Å². The van der Waals surface area contributed by atoms with Gasteiger partial charge in [-0.2, -0.15) is 0 Å². The summed E-state index contributed by atoms with van der Waals surface area (Å²) in [5.41, 5.74) is 2.82. The van der Waals surface area contributed by atoms with Crippen LogP contribution in [0.1, 0.15) is 35.2 Å². The Morgan fingerprint density at radius 3 is 2.77 bits per heavy atom. The van der Waals surface area contributed by atoms with Crippen molar-refractivity contribution in [2.75, 3.05) is 6.54 Å². The second-order valence-corrected chi connectivity index (χ2v) is 6.89. The fraction of sp³-hybridized carbons (Fsp3) is 0.273. The molecule has 3 nitrogen and oxygen atoms in total. The van der Waals surface area contributed by atoms with Crippen LogP contribution in [0.3, 0.4) is 0 Å². The number of halogens is 1. The van der Waals surface area contributed by atoms with Crippen molar-refractivity contribution in [2.24, 2.45) is 0 Å². The van der Waals surface area contributed by atoms with Crippen molar-refractivity contribution in [3.8, 4) is 0 Å². The molecule has 0 saturated carbocycles. The Morgan fingerprint density at radius 1 is 1.12 bits per heavy atom. The lowest BCUT2D eigenvalue weighted by Crippen LogP contribution is -2.31. The molecule has 1 atom stereocenters. The van der Waals surface area contributed by atoms with E-state index in [-0.39, 0.29) is 17.6 Å². The number of pyridine rings is 1. The standard InChI is InChI=1S/C22H21FN2O/c23-19-10-8-16(9-11-19)21(26)14-20-7-3-13-25(20)15-18-5-1-4-17-6-2-12-24-22(17)18/h1-2,4-6,8-12,20H,3,7,13-15H2/t20-/m1/s1. The molecule has 2 aromatic carbocycles. The number of carbonyl (C=O) groups excluding carboxylic acids is 1. The second kappa shape index (κ2) is 7.34. The Morgan fingerprint density at radius 2 is 1.92 bits per heavy atom. The van der Waals surface area contributed by atoms with Gasteiger partial charge in [-0.05, 0) is 55.3 Å². The van der Waals surface area contributed by atoms with Crippen LogP contribution in [0, 0.1) is 5.82 Å². The van der Waals surface area contributed by atoms with Crippen molar-refractivity contribution in [1.82, 2.24) is 9.88 Å². The molecule has 1 aromatic heterocycles. The Bertz CT molecular complexity index is 918. The van der Waals surface area contributed by atoms with Gasteiger partial charge in [0.05, 0.1) is 5.52 Å². The molecular formula is C22H21FN2O. The zero-order valence-electron chi connectivity index (χ0n) is 14.6. The molecule has 1 aliphatic heterocycles. The van der Waals surface area contributed by atoms with Crippen LogP contribution in [0.2, 0.25) is 0 Å². The average Bonchev–Trinajstić information content (AvgIpc) is 3.09. The fourth-order valence-electron chi connectivity index (χ4n) is 3.82. The number of fused-ring (bicyclic) bond motifs is 1. The van der Waals surface area contributed by atoms with Crippen LogP contribution in [0.15, 0.2) is 60.8 Å². The molecule has 0 spiro atoms. The van der Waals surface area contributed by atoms with E-state index in [9.17, 15) is 9.18 Å². The lowest BCUT2D eigenvalue weighted by molar-refractivity contribution is 0.0938. The first-order chi connectivity index (χ1) is 12.7. The number of carbonyl (C=O) groups is 1. The van der Waals surface area contributed by atoms with Gasteiger partial charge in [-0.3, -0.25) is 14.7 Å². The normalized spacial score (nSPS) is 17.7. The van der Waals surface area contributed by atoms with Crippen LogP contribution < -0.4 is 0 Å². The second-order valence-electron chi connectivity index (χ2n) is 6.89. The molecule has 26 heavy (non-hydrogen) atoms. The van der Waals surface area contributed by atoms with E-state index in [1.165, 1.54) is 17.7 Å². The van der Waals surface area contributed by atoms with Gasteiger partial charge in [0, 0.05) is 36.2 Å². The van der Waals surface area contributed by atoms with Gasteiger partial charge in [-0.25, -0.2) is 4.39 Å². The summed E-state index contributed by atoms with van der Waals surface area (Å²) in [6, 6.07) is 16.4. The molecule has 2 heterocycles. The van der Waals surface area contributed by atoms with Gasteiger partial charge in [0.25, 0.3) is 0 Å². The first-order valence-corrected chi connectivity index (χ1v) is 9.06. The smallest absolute Gasteiger partial charge is 0.164 e. The molecule has 0 amide bonds. The van der Waals surface area contributed by atoms with Gasteiger partial charge in [0.2, 0.25) is 0 Å². The van der Waals surface area contributed by atoms with Crippen molar-refractivity contribution in [2.45, 2.75) is 31.8 Å². The summed E-state index contributed by atoms with van der Waals surface area (Å²) >= 11 is 0. The summed E-state index contributed by atoms with van der Waals surface area (Å²) < 4.78 is 13.1. The number of rotatable bonds is 5. The molecule has 0 radical (unpaired) electrons. The monoisotopic (exact) mass is 348 g/mol. The minimum atomic E-state index is -0.313. The highest BCUT2D eigenvalue weighted by Crippen LogP contribution is 2.26. The molecule has 4 rings (SSSR count). The third kappa shape index (κ3) is 3.51. The predicted octanol–water partition coefficient (Wildman–Crippen LogP) is 4.61. The van der Waals surface area contributed by atoms with Crippen molar-refractivity contribution >= 4 is 16.7 Å². The van der Waals surface area contributed by atoms with Crippen LogP contribution in [0.5, 0.6) is 0 Å². The number of para-hydroxylation sites is 1. The molecule has 3 aromatic rings. The zero-order valence-corrected chi connectivity index (χ0v) is 14.6. The van der Waals surface area contributed by atoms with Gasteiger partial charge < -0.3 is 0 Å². The minimum Gasteiger partial charge on any atom is -0.296 e. The summed E-state index contributed by atoms with van der Waals surface area (Å²) in [6.45, 7) is 1.79. The molecule has 1 fully saturated rings. The quantitative estimate of drug-likeness (QED) is 0.631. The molecule has 4 heteroatoms. The highest BCUT2D eigenvalue weighted by atomic mass is 19.1. The van der Waals surface area contributed by atoms with Crippen LogP contribution in [-0.4, -0.2) is 28.3 Å². The third-order valence-corrected chi connectivity index (χ3v) is 5.18. The molecule has 0 bridgehead atoms. The van der Waals surface area contributed by atoms with Crippen molar-refractivity contribution in [1.29, 1.82) is 0 Å². The number of ketones is 1. The number of aromatic nitrogens is 1. The van der Waals surface area contributed by atoms with Crippen molar-refractivity contribution in [3.05, 3.63) is 77.7 Å². The highest BCUT2D eigenvalue weighted by molar-refractivity contribution is 5.96. The summed E-state index contributed by atoms with van der Waals surface area (Å²) in [4.78, 5) is 19.5. The Balaban J connectivity index is 1.49. The first-order valence-electron chi connectivity index (χ1n) is 9.06. The lowest BCUT2D eigenvalue weighted by Gasteiger charge is -2.24.